The number of carbonyl (C=O) groups is 1. The first-order valence-electron chi connectivity index (χ1n) is 4.66. The second-order valence-corrected chi connectivity index (χ2v) is 5.16. The molecule has 0 fully saturated rings. The molecule has 1 rings (SSSR count). The Morgan fingerprint density at radius 1 is 1.44 bits per heavy atom. The number of hydrogen-bond acceptors (Lipinski definition) is 3. The molecular weight excluding hydrogens is 337 g/mol. The minimum atomic E-state index is -4.31. The van der Waals surface area contributed by atoms with E-state index in [-0.39, 0.29) is 35.4 Å². The van der Waals surface area contributed by atoms with Gasteiger partial charge in [0.25, 0.3) is 0 Å². The third-order valence-electron chi connectivity index (χ3n) is 1.78. The van der Waals surface area contributed by atoms with Crippen LogP contribution in [0.25, 0.3) is 0 Å². The monoisotopic (exact) mass is 344 g/mol. The third kappa shape index (κ3) is 5.18. The van der Waals surface area contributed by atoms with Gasteiger partial charge in [-0.25, -0.2) is 4.79 Å². The standard InChI is InChI=1S/C10H8BrF3O3S/c11-6-1-2-8(7(5-6)9(15)16)17-3-4-18-10(12,13)14/h1-2,5H,3-4H2,(H,15,16). The Morgan fingerprint density at radius 2 is 2.11 bits per heavy atom. The molecule has 1 aromatic carbocycles. The number of alkyl halides is 3. The number of carboxylic acids is 1. The molecule has 18 heavy (non-hydrogen) atoms. The average molecular weight is 345 g/mol. The summed E-state index contributed by atoms with van der Waals surface area (Å²) in [6, 6.07) is 4.28. The number of ether oxygens (including phenoxy) is 1. The maximum Gasteiger partial charge on any atom is 0.441 e. The summed E-state index contributed by atoms with van der Waals surface area (Å²) in [4.78, 5) is 10.9. The number of hydrogen-bond donors (Lipinski definition) is 1. The smallest absolute Gasteiger partial charge is 0.441 e. The van der Waals surface area contributed by atoms with Crippen LogP contribution in [0.4, 0.5) is 13.2 Å². The van der Waals surface area contributed by atoms with Crippen molar-refractivity contribution in [1.82, 2.24) is 0 Å². The van der Waals surface area contributed by atoms with Crippen molar-refractivity contribution in [1.29, 1.82) is 0 Å². The van der Waals surface area contributed by atoms with Crippen LogP contribution in [0.3, 0.4) is 0 Å². The highest BCUT2D eigenvalue weighted by molar-refractivity contribution is 9.10. The summed E-state index contributed by atoms with van der Waals surface area (Å²) in [6.45, 7) is -0.216. The van der Waals surface area contributed by atoms with Gasteiger partial charge in [-0.1, -0.05) is 15.9 Å². The molecule has 0 amide bonds. The van der Waals surface area contributed by atoms with Crippen LogP contribution in [0.1, 0.15) is 10.4 Å². The van der Waals surface area contributed by atoms with Crippen molar-refractivity contribution in [3.05, 3.63) is 28.2 Å². The van der Waals surface area contributed by atoms with Gasteiger partial charge in [-0.15, -0.1) is 0 Å². The van der Waals surface area contributed by atoms with E-state index in [1.54, 1.807) is 6.07 Å². The van der Waals surface area contributed by atoms with E-state index in [0.29, 0.717) is 4.47 Å². The summed E-state index contributed by atoms with van der Waals surface area (Å²) in [5.41, 5.74) is -4.40. The average Bonchev–Trinajstić information content (AvgIpc) is 2.24. The van der Waals surface area contributed by atoms with E-state index in [2.05, 4.69) is 15.9 Å². The Morgan fingerprint density at radius 3 is 2.67 bits per heavy atom. The summed E-state index contributed by atoms with van der Waals surface area (Å²) in [7, 11) is 0. The topological polar surface area (TPSA) is 46.5 Å². The first-order chi connectivity index (χ1) is 8.29. The molecule has 1 aromatic rings. The van der Waals surface area contributed by atoms with Crippen molar-refractivity contribution >= 4 is 33.7 Å². The van der Waals surface area contributed by atoms with Crippen LogP contribution in [0.15, 0.2) is 22.7 Å². The van der Waals surface area contributed by atoms with Gasteiger partial charge in [0.15, 0.2) is 0 Å². The molecule has 0 spiro atoms. The maximum absolute atomic E-state index is 11.8. The van der Waals surface area contributed by atoms with Gasteiger partial charge >= 0.3 is 11.5 Å². The molecule has 0 unspecified atom stereocenters. The van der Waals surface area contributed by atoms with E-state index >= 15 is 0 Å². The summed E-state index contributed by atoms with van der Waals surface area (Å²) in [5, 5.41) is 8.89. The molecule has 1 N–H and O–H groups in total. The van der Waals surface area contributed by atoms with Gasteiger partial charge in [0.1, 0.15) is 11.3 Å². The zero-order valence-electron chi connectivity index (χ0n) is 8.83. The van der Waals surface area contributed by atoms with E-state index < -0.39 is 11.5 Å². The fourth-order valence-electron chi connectivity index (χ4n) is 1.10. The molecule has 8 heteroatoms. The fraction of sp³-hybridized carbons (Fsp3) is 0.300. The molecule has 0 saturated carbocycles. The lowest BCUT2D eigenvalue weighted by Gasteiger charge is -2.10. The quantitative estimate of drug-likeness (QED) is 0.825. The largest absolute Gasteiger partial charge is 0.492 e. The van der Waals surface area contributed by atoms with E-state index in [0.717, 1.165) is 0 Å². The van der Waals surface area contributed by atoms with Gasteiger partial charge in [0.05, 0.1) is 6.61 Å². The van der Waals surface area contributed by atoms with Gasteiger partial charge in [-0.05, 0) is 30.0 Å². The van der Waals surface area contributed by atoms with Crippen molar-refractivity contribution < 1.29 is 27.8 Å². The maximum atomic E-state index is 11.8. The summed E-state index contributed by atoms with van der Waals surface area (Å²) in [6.07, 6.45) is 0. The van der Waals surface area contributed by atoms with Crippen LogP contribution in [-0.2, 0) is 0 Å². The Hall–Kier alpha value is -0.890. The predicted molar refractivity (Wildman–Crippen MR) is 65.1 cm³/mol. The molecule has 100 valence electrons. The van der Waals surface area contributed by atoms with Crippen LogP contribution in [0, 0.1) is 0 Å². The molecular formula is C10H8BrF3O3S. The van der Waals surface area contributed by atoms with Crippen LogP contribution in [-0.4, -0.2) is 28.9 Å². The van der Waals surface area contributed by atoms with E-state index in [1.165, 1.54) is 12.1 Å². The van der Waals surface area contributed by atoms with Crippen molar-refractivity contribution in [2.24, 2.45) is 0 Å². The number of thioether (sulfide) groups is 1. The van der Waals surface area contributed by atoms with Crippen LogP contribution >= 0.6 is 27.7 Å². The Balaban J connectivity index is 2.59. The second-order valence-electron chi connectivity index (χ2n) is 3.09. The molecule has 0 atom stereocenters. The SMILES string of the molecule is O=C(O)c1cc(Br)ccc1OCCSC(F)(F)F. The first-order valence-corrected chi connectivity index (χ1v) is 6.44. The lowest BCUT2D eigenvalue weighted by molar-refractivity contribution is -0.0329. The highest BCUT2D eigenvalue weighted by Crippen LogP contribution is 2.30. The van der Waals surface area contributed by atoms with Gasteiger partial charge in [-0.3, -0.25) is 0 Å². The van der Waals surface area contributed by atoms with Crippen molar-refractivity contribution in [2.45, 2.75) is 5.51 Å². The lowest BCUT2D eigenvalue weighted by Crippen LogP contribution is -2.09. The summed E-state index contributed by atoms with van der Waals surface area (Å²) >= 11 is 2.89. The summed E-state index contributed by atoms with van der Waals surface area (Å²) < 4.78 is 41.1. The van der Waals surface area contributed by atoms with Gasteiger partial charge in [0, 0.05) is 10.2 Å². The highest BCUT2D eigenvalue weighted by atomic mass is 79.9. The zero-order valence-corrected chi connectivity index (χ0v) is 11.2. The van der Waals surface area contributed by atoms with Crippen molar-refractivity contribution in [2.75, 3.05) is 12.4 Å². The van der Waals surface area contributed by atoms with E-state index in [9.17, 15) is 18.0 Å². The number of carboxylic acid groups (broad SMARTS) is 1. The minimum absolute atomic E-state index is 0.0495. The molecule has 0 aliphatic rings. The molecule has 3 nitrogen and oxygen atoms in total. The van der Waals surface area contributed by atoms with E-state index in [1.807, 2.05) is 0 Å². The number of benzene rings is 1. The van der Waals surface area contributed by atoms with Gasteiger partial charge in [-0.2, -0.15) is 13.2 Å². The molecule has 0 bridgehead atoms. The first kappa shape index (κ1) is 15.2. The Kier molecular flexibility index (Phi) is 5.33. The Bertz CT molecular complexity index is 437. The molecule has 0 aliphatic carbocycles. The molecule has 0 heterocycles. The fourth-order valence-corrected chi connectivity index (χ4v) is 1.86. The lowest BCUT2D eigenvalue weighted by atomic mass is 10.2. The number of aromatic carboxylic acids is 1. The normalized spacial score (nSPS) is 11.3. The second kappa shape index (κ2) is 6.33. The highest BCUT2D eigenvalue weighted by Gasteiger charge is 2.27. The predicted octanol–water partition coefficient (Wildman–Crippen LogP) is 3.78. The molecule has 0 aromatic heterocycles. The van der Waals surface area contributed by atoms with Crippen LogP contribution < -0.4 is 4.74 Å². The van der Waals surface area contributed by atoms with Crippen molar-refractivity contribution in [3.8, 4) is 5.75 Å². The Labute approximate surface area is 113 Å². The zero-order chi connectivity index (χ0) is 13.8. The van der Waals surface area contributed by atoms with Crippen LogP contribution in [0.5, 0.6) is 5.75 Å². The molecule has 0 saturated heterocycles. The van der Waals surface area contributed by atoms with Gasteiger partial charge in [0.2, 0.25) is 0 Å². The molecule has 0 radical (unpaired) electrons. The van der Waals surface area contributed by atoms with Crippen LogP contribution in [0.2, 0.25) is 0 Å². The van der Waals surface area contributed by atoms with E-state index in [4.69, 9.17) is 9.84 Å². The minimum Gasteiger partial charge on any atom is -0.492 e. The van der Waals surface area contributed by atoms with Crippen molar-refractivity contribution in [3.63, 3.8) is 0 Å². The summed E-state index contributed by atoms with van der Waals surface area (Å²) in [5.74, 6) is -1.44. The molecule has 0 aliphatic heterocycles. The number of rotatable bonds is 5. The number of halogens is 4. The van der Waals surface area contributed by atoms with Gasteiger partial charge < -0.3 is 9.84 Å². The third-order valence-corrected chi connectivity index (χ3v) is 2.97.